The molecule has 0 fully saturated rings. The molecule has 0 spiro atoms. The summed E-state index contributed by atoms with van der Waals surface area (Å²) in [7, 11) is 0. The molecule has 64 valence electrons. The molecule has 0 aromatic carbocycles. The van der Waals surface area contributed by atoms with E-state index in [2.05, 4.69) is 0 Å². The van der Waals surface area contributed by atoms with E-state index in [0.29, 0.717) is 17.6 Å². The minimum Gasteiger partial charge on any atom is -0.465 e. The minimum atomic E-state index is -0.757. The molecular formula is C9H10O3. The first kappa shape index (κ1) is 8.74. The summed E-state index contributed by atoms with van der Waals surface area (Å²) in [5, 5.41) is 9.07. The van der Waals surface area contributed by atoms with Crippen LogP contribution in [0, 0.1) is 0 Å². The van der Waals surface area contributed by atoms with Gasteiger partial charge in [-0.05, 0) is 25.1 Å². The second-order valence-corrected chi connectivity index (χ2v) is 2.45. The van der Waals surface area contributed by atoms with Crippen LogP contribution in [-0.4, -0.2) is 17.5 Å². The van der Waals surface area contributed by atoms with Crippen LogP contribution in [0.4, 0.5) is 0 Å². The fraction of sp³-hybridized carbons (Fsp3) is 0.222. The van der Waals surface area contributed by atoms with E-state index in [1.165, 1.54) is 19.3 Å². The van der Waals surface area contributed by atoms with Crippen molar-refractivity contribution in [2.75, 3.05) is 0 Å². The second-order valence-electron chi connectivity index (χ2n) is 2.45. The van der Waals surface area contributed by atoms with E-state index in [1.54, 1.807) is 12.1 Å². The Balaban J connectivity index is 2.85. The second kappa shape index (κ2) is 3.88. The number of rotatable bonds is 3. The van der Waals surface area contributed by atoms with Crippen molar-refractivity contribution in [2.45, 2.75) is 13.0 Å². The number of carbonyl (C=O) groups excluding carboxylic acids is 1. The van der Waals surface area contributed by atoms with Gasteiger partial charge in [-0.25, -0.2) is 0 Å². The van der Waals surface area contributed by atoms with Gasteiger partial charge in [0.15, 0.2) is 0 Å². The monoisotopic (exact) mass is 166 g/mol. The maximum Gasteiger partial charge on any atom is 0.148 e. The van der Waals surface area contributed by atoms with E-state index in [1.807, 2.05) is 0 Å². The van der Waals surface area contributed by atoms with Gasteiger partial charge in [-0.2, -0.15) is 0 Å². The highest BCUT2D eigenvalue weighted by Gasteiger charge is 2.03. The minimum absolute atomic E-state index is 0.310. The van der Waals surface area contributed by atoms with Crippen LogP contribution in [0.1, 0.15) is 12.7 Å². The normalized spacial score (nSPS) is 14.3. The van der Waals surface area contributed by atoms with Gasteiger partial charge in [-0.15, -0.1) is 0 Å². The van der Waals surface area contributed by atoms with Gasteiger partial charge in [0.05, 0.1) is 12.4 Å². The summed E-state index contributed by atoms with van der Waals surface area (Å²) in [6, 6.07) is 3.43. The van der Waals surface area contributed by atoms with E-state index in [4.69, 9.17) is 9.52 Å². The van der Waals surface area contributed by atoms with Crippen LogP contribution in [0.15, 0.2) is 28.4 Å². The Morgan fingerprint density at radius 2 is 2.50 bits per heavy atom. The summed E-state index contributed by atoms with van der Waals surface area (Å²) >= 11 is 0. The predicted molar refractivity (Wildman–Crippen MR) is 44.4 cm³/mol. The third-order valence-corrected chi connectivity index (χ3v) is 1.47. The van der Waals surface area contributed by atoms with Crippen molar-refractivity contribution >= 4 is 12.4 Å². The van der Waals surface area contributed by atoms with Gasteiger partial charge < -0.3 is 9.52 Å². The van der Waals surface area contributed by atoms with Gasteiger partial charge >= 0.3 is 0 Å². The fourth-order valence-corrected chi connectivity index (χ4v) is 0.791. The van der Waals surface area contributed by atoms with Gasteiger partial charge in [0.1, 0.15) is 12.0 Å². The van der Waals surface area contributed by atoms with Crippen LogP contribution in [0.5, 0.6) is 0 Å². The zero-order chi connectivity index (χ0) is 8.97. The zero-order valence-electron chi connectivity index (χ0n) is 6.73. The molecule has 1 N–H and O–H groups in total. The number of hydrogen-bond donors (Lipinski definition) is 1. The Kier molecular flexibility index (Phi) is 2.82. The molecule has 1 aromatic heterocycles. The molecule has 1 heterocycles. The largest absolute Gasteiger partial charge is 0.465 e. The van der Waals surface area contributed by atoms with Crippen LogP contribution in [0.2, 0.25) is 0 Å². The molecule has 0 amide bonds. The Morgan fingerprint density at radius 1 is 1.75 bits per heavy atom. The number of hydrogen-bond acceptors (Lipinski definition) is 3. The van der Waals surface area contributed by atoms with Crippen molar-refractivity contribution in [3.8, 4) is 0 Å². The van der Waals surface area contributed by atoms with Crippen LogP contribution >= 0.6 is 0 Å². The molecule has 1 atom stereocenters. The Labute approximate surface area is 70.3 Å². The van der Waals surface area contributed by atoms with E-state index in [0.717, 1.165) is 0 Å². The molecule has 3 nitrogen and oxygen atoms in total. The number of aliphatic hydroxyl groups excluding tert-OH is 1. The van der Waals surface area contributed by atoms with E-state index in [9.17, 15) is 4.79 Å². The Morgan fingerprint density at radius 3 is 2.92 bits per heavy atom. The Hall–Kier alpha value is -1.35. The topological polar surface area (TPSA) is 50.4 Å². The molecule has 0 aliphatic heterocycles. The third kappa shape index (κ3) is 2.07. The van der Waals surface area contributed by atoms with Crippen LogP contribution in [0.3, 0.4) is 0 Å². The highest BCUT2D eigenvalue weighted by Crippen LogP contribution is 2.08. The smallest absolute Gasteiger partial charge is 0.148 e. The molecule has 0 aliphatic rings. The van der Waals surface area contributed by atoms with Crippen LogP contribution in [0.25, 0.3) is 6.08 Å². The highest BCUT2D eigenvalue weighted by molar-refractivity contribution is 5.82. The first-order valence-corrected chi connectivity index (χ1v) is 3.62. The summed E-state index contributed by atoms with van der Waals surface area (Å²) in [6.07, 6.45) is 2.88. The van der Waals surface area contributed by atoms with Gasteiger partial charge in [-0.3, -0.25) is 4.79 Å². The first-order chi connectivity index (χ1) is 5.74. The molecule has 12 heavy (non-hydrogen) atoms. The predicted octanol–water partition coefficient (Wildman–Crippen LogP) is 1.24. The lowest BCUT2D eigenvalue weighted by Gasteiger charge is -2.00. The van der Waals surface area contributed by atoms with E-state index in [-0.39, 0.29) is 0 Å². The molecule has 0 radical (unpaired) electrons. The molecule has 0 saturated carbocycles. The molecule has 0 aliphatic carbocycles. The summed E-state index contributed by atoms with van der Waals surface area (Å²) in [5.74, 6) is 0.568. The fourth-order valence-electron chi connectivity index (χ4n) is 0.791. The van der Waals surface area contributed by atoms with Gasteiger partial charge in [0, 0.05) is 5.57 Å². The third-order valence-electron chi connectivity index (χ3n) is 1.47. The standard InChI is InChI=1S/C9H10O3/c1-7(11)8(6-10)5-9-3-2-4-12-9/h2-7,11H,1H3/b8-5-. The molecule has 0 saturated heterocycles. The number of carbonyl (C=O) groups is 1. The molecular weight excluding hydrogens is 156 g/mol. The summed E-state index contributed by atoms with van der Waals surface area (Å²) in [5.41, 5.74) is 0.310. The summed E-state index contributed by atoms with van der Waals surface area (Å²) < 4.78 is 4.97. The molecule has 3 heteroatoms. The summed E-state index contributed by atoms with van der Waals surface area (Å²) in [6.45, 7) is 1.53. The van der Waals surface area contributed by atoms with E-state index >= 15 is 0 Å². The maximum atomic E-state index is 10.4. The first-order valence-electron chi connectivity index (χ1n) is 3.62. The van der Waals surface area contributed by atoms with E-state index < -0.39 is 6.10 Å². The maximum absolute atomic E-state index is 10.4. The van der Waals surface area contributed by atoms with Crippen molar-refractivity contribution in [1.29, 1.82) is 0 Å². The zero-order valence-corrected chi connectivity index (χ0v) is 6.73. The molecule has 1 rings (SSSR count). The highest BCUT2D eigenvalue weighted by atomic mass is 16.3. The van der Waals surface area contributed by atoms with Crippen molar-refractivity contribution in [2.24, 2.45) is 0 Å². The lowest BCUT2D eigenvalue weighted by molar-refractivity contribution is -0.105. The van der Waals surface area contributed by atoms with Crippen molar-refractivity contribution in [3.05, 3.63) is 29.7 Å². The quantitative estimate of drug-likeness (QED) is 0.543. The lowest BCUT2D eigenvalue weighted by Crippen LogP contribution is -2.04. The number of aldehydes is 1. The molecule has 1 aromatic rings. The molecule has 0 bridgehead atoms. The van der Waals surface area contributed by atoms with Crippen LogP contribution in [-0.2, 0) is 4.79 Å². The van der Waals surface area contributed by atoms with Gasteiger partial charge in [-0.1, -0.05) is 0 Å². The lowest BCUT2D eigenvalue weighted by atomic mass is 10.1. The number of furan rings is 1. The SMILES string of the molecule is CC(O)/C(C=O)=C\c1ccco1. The summed E-state index contributed by atoms with van der Waals surface area (Å²) in [4.78, 5) is 10.4. The van der Waals surface area contributed by atoms with Gasteiger partial charge in [0.25, 0.3) is 0 Å². The van der Waals surface area contributed by atoms with Crippen molar-refractivity contribution in [3.63, 3.8) is 0 Å². The number of aliphatic hydroxyl groups is 1. The van der Waals surface area contributed by atoms with Gasteiger partial charge in [0.2, 0.25) is 0 Å². The average molecular weight is 166 g/mol. The average Bonchev–Trinajstić information content (AvgIpc) is 2.51. The Bertz CT molecular complexity index is 270. The van der Waals surface area contributed by atoms with Crippen molar-refractivity contribution < 1.29 is 14.3 Å². The molecule has 1 unspecified atom stereocenters. The van der Waals surface area contributed by atoms with Crippen molar-refractivity contribution in [1.82, 2.24) is 0 Å². The van der Waals surface area contributed by atoms with Crippen LogP contribution < -0.4 is 0 Å².